The van der Waals surface area contributed by atoms with Crippen molar-refractivity contribution in [2.24, 2.45) is 0 Å². The van der Waals surface area contributed by atoms with Gasteiger partial charge in [-0.15, -0.1) is 11.3 Å². The molecule has 0 aliphatic carbocycles. The van der Waals surface area contributed by atoms with E-state index >= 15 is 0 Å². The Kier molecular flexibility index (Phi) is 4.85. The zero-order chi connectivity index (χ0) is 19.6. The normalized spacial score (nSPS) is 23.0. The van der Waals surface area contributed by atoms with Crippen molar-refractivity contribution < 1.29 is 9.53 Å². The van der Waals surface area contributed by atoms with Crippen molar-refractivity contribution in [1.82, 2.24) is 19.9 Å². The number of nitrogens with one attached hydrogen (secondary N) is 1. The van der Waals surface area contributed by atoms with Gasteiger partial charge in [-0.05, 0) is 31.0 Å². The lowest BCUT2D eigenvalue weighted by Crippen LogP contribution is -2.50. The van der Waals surface area contributed by atoms with E-state index in [0.717, 1.165) is 37.1 Å². The van der Waals surface area contributed by atoms with Crippen molar-refractivity contribution in [3.05, 3.63) is 54.2 Å². The standard InChI is InChI=1S/C21H21N5O2S/c27-21(25-20-24-18(13-29-20)17-5-1-3-9-22-17)26-14-7-8-15(26)12-16(11-14)28-19-6-2-4-10-23-19/h1-6,9-10,13-16H,7-8,11-12H2,(H,24,25,27). The highest BCUT2D eigenvalue weighted by Gasteiger charge is 2.44. The molecular formula is C21H21N5O2S. The predicted octanol–water partition coefficient (Wildman–Crippen LogP) is 4.21. The summed E-state index contributed by atoms with van der Waals surface area (Å²) in [6.07, 6.45) is 7.26. The van der Waals surface area contributed by atoms with E-state index in [2.05, 4.69) is 20.3 Å². The summed E-state index contributed by atoms with van der Waals surface area (Å²) in [5.41, 5.74) is 1.58. The Balaban J connectivity index is 1.23. The molecule has 2 bridgehead atoms. The van der Waals surface area contributed by atoms with Crippen LogP contribution in [-0.2, 0) is 0 Å². The molecule has 29 heavy (non-hydrogen) atoms. The van der Waals surface area contributed by atoms with Crippen molar-refractivity contribution in [3.8, 4) is 17.3 Å². The monoisotopic (exact) mass is 407 g/mol. The lowest BCUT2D eigenvalue weighted by Gasteiger charge is -2.38. The zero-order valence-corrected chi connectivity index (χ0v) is 16.6. The number of carbonyl (C=O) groups is 1. The summed E-state index contributed by atoms with van der Waals surface area (Å²) < 4.78 is 6.05. The fraction of sp³-hybridized carbons (Fsp3) is 0.333. The number of fused-ring (bicyclic) bond motifs is 2. The number of piperidine rings is 1. The molecule has 3 aromatic heterocycles. The minimum Gasteiger partial charge on any atom is -0.474 e. The number of urea groups is 1. The van der Waals surface area contributed by atoms with Crippen LogP contribution in [0, 0.1) is 0 Å². The van der Waals surface area contributed by atoms with Crippen LogP contribution in [0.2, 0.25) is 0 Å². The van der Waals surface area contributed by atoms with Gasteiger partial charge in [0.25, 0.3) is 0 Å². The number of anilines is 1. The van der Waals surface area contributed by atoms with Crippen molar-refractivity contribution in [2.75, 3.05) is 5.32 Å². The zero-order valence-electron chi connectivity index (χ0n) is 15.8. The lowest BCUT2D eigenvalue weighted by atomic mass is 10.00. The number of carbonyl (C=O) groups excluding carboxylic acids is 1. The summed E-state index contributed by atoms with van der Waals surface area (Å²) in [5.74, 6) is 0.652. The fourth-order valence-corrected chi connectivity index (χ4v) is 4.96. The largest absolute Gasteiger partial charge is 0.474 e. The third-order valence-corrected chi connectivity index (χ3v) is 6.25. The van der Waals surface area contributed by atoms with Crippen molar-refractivity contribution in [3.63, 3.8) is 0 Å². The number of hydrogen-bond donors (Lipinski definition) is 1. The second-order valence-electron chi connectivity index (χ2n) is 7.35. The highest BCUT2D eigenvalue weighted by Crippen LogP contribution is 2.37. The molecule has 148 valence electrons. The second-order valence-corrected chi connectivity index (χ2v) is 8.21. The van der Waals surface area contributed by atoms with Gasteiger partial charge >= 0.3 is 6.03 Å². The quantitative estimate of drug-likeness (QED) is 0.701. The molecule has 0 radical (unpaired) electrons. The summed E-state index contributed by atoms with van der Waals surface area (Å²) in [6.45, 7) is 0. The van der Waals surface area contributed by atoms with Gasteiger partial charge in [-0.1, -0.05) is 12.1 Å². The molecule has 7 nitrogen and oxygen atoms in total. The molecule has 2 fully saturated rings. The molecule has 5 heterocycles. The van der Waals surface area contributed by atoms with Gasteiger partial charge in [-0.3, -0.25) is 10.3 Å². The van der Waals surface area contributed by atoms with Gasteiger partial charge in [0.05, 0.1) is 5.69 Å². The molecule has 0 saturated carbocycles. The maximum absolute atomic E-state index is 13.0. The van der Waals surface area contributed by atoms with Crippen LogP contribution >= 0.6 is 11.3 Å². The molecule has 0 aromatic carbocycles. The molecule has 2 amide bonds. The van der Waals surface area contributed by atoms with E-state index < -0.39 is 0 Å². The summed E-state index contributed by atoms with van der Waals surface area (Å²) in [4.78, 5) is 28.0. The highest BCUT2D eigenvalue weighted by molar-refractivity contribution is 7.14. The molecule has 8 heteroatoms. The van der Waals surface area contributed by atoms with Crippen LogP contribution in [-0.4, -0.2) is 44.1 Å². The average Bonchev–Trinajstić information content (AvgIpc) is 3.32. The Bertz CT molecular complexity index is 967. The number of pyridine rings is 2. The van der Waals surface area contributed by atoms with Crippen LogP contribution in [0.15, 0.2) is 54.2 Å². The first-order valence-corrected chi connectivity index (χ1v) is 10.7. The summed E-state index contributed by atoms with van der Waals surface area (Å²) in [7, 11) is 0. The van der Waals surface area contributed by atoms with Gasteiger partial charge in [0.2, 0.25) is 5.88 Å². The van der Waals surface area contributed by atoms with Gasteiger partial charge in [0.15, 0.2) is 5.13 Å². The Labute approximate surface area is 172 Å². The maximum Gasteiger partial charge on any atom is 0.324 e. The Morgan fingerprint density at radius 3 is 2.48 bits per heavy atom. The summed E-state index contributed by atoms with van der Waals surface area (Å²) >= 11 is 1.42. The number of thiazole rings is 1. The highest BCUT2D eigenvalue weighted by atomic mass is 32.1. The van der Waals surface area contributed by atoms with Crippen LogP contribution in [0.3, 0.4) is 0 Å². The molecule has 2 atom stereocenters. The predicted molar refractivity (Wildman–Crippen MR) is 111 cm³/mol. The summed E-state index contributed by atoms with van der Waals surface area (Å²) in [5, 5.41) is 5.50. The smallest absolute Gasteiger partial charge is 0.324 e. The fourth-order valence-electron chi connectivity index (χ4n) is 4.26. The number of nitrogens with zero attached hydrogens (tertiary/aromatic N) is 4. The Morgan fingerprint density at radius 2 is 1.79 bits per heavy atom. The van der Waals surface area contributed by atoms with Gasteiger partial charge in [-0.25, -0.2) is 14.8 Å². The lowest BCUT2D eigenvalue weighted by molar-refractivity contribution is 0.0704. The average molecular weight is 407 g/mol. The molecule has 2 aliphatic heterocycles. The maximum atomic E-state index is 13.0. The van der Waals surface area contributed by atoms with E-state index in [1.54, 1.807) is 12.4 Å². The molecular weight excluding hydrogens is 386 g/mol. The first-order chi connectivity index (χ1) is 14.3. The van der Waals surface area contributed by atoms with Crippen LogP contribution in [0.1, 0.15) is 25.7 Å². The minimum absolute atomic E-state index is 0.0734. The van der Waals surface area contributed by atoms with Crippen LogP contribution in [0.4, 0.5) is 9.93 Å². The van der Waals surface area contributed by atoms with Crippen LogP contribution in [0.5, 0.6) is 5.88 Å². The molecule has 1 N–H and O–H groups in total. The molecule has 3 aromatic rings. The Hall–Kier alpha value is -3.00. The van der Waals surface area contributed by atoms with E-state index in [9.17, 15) is 4.79 Å². The van der Waals surface area contributed by atoms with Gasteiger partial charge in [0, 0.05) is 48.8 Å². The van der Waals surface area contributed by atoms with Crippen molar-refractivity contribution >= 4 is 22.5 Å². The SMILES string of the molecule is O=C(Nc1nc(-c2ccccn2)cs1)N1C2CCC1CC(Oc1ccccn1)C2. The molecule has 5 rings (SSSR count). The van der Waals surface area contributed by atoms with E-state index in [1.165, 1.54) is 11.3 Å². The number of amides is 2. The van der Waals surface area contributed by atoms with E-state index in [0.29, 0.717) is 11.0 Å². The second kappa shape index (κ2) is 7.79. The summed E-state index contributed by atoms with van der Waals surface area (Å²) in [6, 6.07) is 11.7. The molecule has 2 saturated heterocycles. The molecule has 2 unspecified atom stereocenters. The van der Waals surface area contributed by atoms with E-state index in [4.69, 9.17) is 4.74 Å². The van der Waals surface area contributed by atoms with Gasteiger partial charge in [0.1, 0.15) is 11.8 Å². The number of rotatable bonds is 4. The third-order valence-electron chi connectivity index (χ3n) is 5.49. The first-order valence-electron chi connectivity index (χ1n) is 9.80. The van der Waals surface area contributed by atoms with E-state index in [1.807, 2.05) is 46.7 Å². The van der Waals surface area contributed by atoms with Crippen molar-refractivity contribution in [2.45, 2.75) is 43.9 Å². The van der Waals surface area contributed by atoms with Gasteiger partial charge in [-0.2, -0.15) is 0 Å². The van der Waals surface area contributed by atoms with Crippen LogP contribution in [0.25, 0.3) is 11.4 Å². The molecule has 0 spiro atoms. The minimum atomic E-state index is -0.0734. The first kappa shape index (κ1) is 18.1. The van der Waals surface area contributed by atoms with E-state index in [-0.39, 0.29) is 24.2 Å². The number of ether oxygens (including phenoxy) is 1. The Morgan fingerprint density at radius 1 is 1.03 bits per heavy atom. The number of hydrogen-bond acceptors (Lipinski definition) is 6. The van der Waals surface area contributed by atoms with Crippen molar-refractivity contribution in [1.29, 1.82) is 0 Å². The van der Waals surface area contributed by atoms with Gasteiger partial charge < -0.3 is 9.64 Å². The number of aromatic nitrogens is 3. The van der Waals surface area contributed by atoms with Crippen LogP contribution < -0.4 is 10.1 Å². The molecule has 2 aliphatic rings. The third kappa shape index (κ3) is 3.80. The topological polar surface area (TPSA) is 80.2 Å².